The number of aromatic nitrogens is 4. The lowest BCUT2D eigenvalue weighted by Gasteiger charge is -2.28. The summed E-state index contributed by atoms with van der Waals surface area (Å²) in [6.07, 6.45) is -6.70. The van der Waals surface area contributed by atoms with Crippen molar-refractivity contribution in [2.24, 2.45) is 0 Å². The van der Waals surface area contributed by atoms with Gasteiger partial charge in [-0.15, -0.1) is 0 Å². The maximum atomic E-state index is 12.3. The predicted molar refractivity (Wildman–Crippen MR) is 103 cm³/mol. The molecule has 0 radical (unpaired) electrons. The first-order chi connectivity index (χ1) is 13.7. The summed E-state index contributed by atoms with van der Waals surface area (Å²) in [6, 6.07) is 0. The van der Waals surface area contributed by atoms with Crippen molar-refractivity contribution in [3.05, 3.63) is 20.8 Å². The van der Waals surface area contributed by atoms with Crippen LogP contribution in [0.4, 0.5) is 5.95 Å². The van der Waals surface area contributed by atoms with Crippen molar-refractivity contribution in [1.82, 2.24) is 19.5 Å². The molecule has 14 nitrogen and oxygen atoms in total. The summed E-state index contributed by atoms with van der Waals surface area (Å²) >= 11 is 0. The molecule has 1 saturated heterocycles. The molecular formula is C15H24N5O9P. The summed E-state index contributed by atoms with van der Waals surface area (Å²) in [6.45, 7) is 3.65. The van der Waals surface area contributed by atoms with Gasteiger partial charge in [-0.05, 0) is 20.8 Å². The number of H-pyrrole nitrogens is 2. The predicted octanol–water partition coefficient (Wildman–Crippen LogP) is -1.68. The molecule has 3 heterocycles. The maximum Gasteiger partial charge on any atom is 0.359 e. The molecule has 0 aliphatic carbocycles. The van der Waals surface area contributed by atoms with Gasteiger partial charge in [0, 0.05) is 6.42 Å². The fraction of sp³-hybridized carbons (Fsp3) is 0.667. The highest BCUT2D eigenvalue weighted by Gasteiger charge is 2.47. The van der Waals surface area contributed by atoms with Crippen LogP contribution in [0.25, 0.3) is 11.2 Å². The zero-order chi connectivity index (χ0) is 22.6. The van der Waals surface area contributed by atoms with Crippen molar-refractivity contribution in [1.29, 1.82) is 0 Å². The number of nitrogens with two attached hydrogens (primary N) is 1. The van der Waals surface area contributed by atoms with E-state index in [1.807, 2.05) is 0 Å². The lowest BCUT2D eigenvalue weighted by molar-refractivity contribution is -0.0483. The molecule has 0 aromatic carbocycles. The monoisotopic (exact) mass is 449 g/mol. The number of nitrogen functional groups attached to an aromatic ring is 1. The molecule has 2 unspecified atom stereocenters. The zero-order valence-electron chi connectivity index (χ0n) is 16.3. The first-order valence-corrected chi connectivity index (χ1v) is 10.6. The second-order valence-electron chi connectivity index (χ2n) is 7.66. The highest BCUT2D eigenvalue weighted by atomic mass is 31.2. The number of nitrogens with zero attached hydrogens (tertiary/aromatic N) is 2. The number of ether oxygens (including phenoxy) is 1. The number of fused-ring (bicyclic) bond motifs is 1. The van der Waals surface area contributed by atoms with Gasteiger partial charge in [-0.1, -0.05) is 0 Å². The fourth-order valence-electron chi connectivity index (χ4n) is 3.15. The number of hydrogen-bond donors (Lipinski definition) is 7. The van der Waals surface area contributed by atoms with Gasteiger partial charge in [-0.3, -0.25) is 19.3 Å². The van der Waals surface area contributed by atoms with Crippen molar-refractivity contribution in [3.8, 4) is 0 Å². The summed E-state index contributed by atoms with van der Waals surface area (Å²) in [5.74, 6) is -0.267. The number of nitrogens with one attached hydrogen (secondary N) is 2. The Morgan fingerprint density at radius 1 is 1.33 bits per heavy atom. The van der Waals surface area contributed by atoms with Crippen LogP contribution in [-0.2, 0) is 13.8 Å². The van der Waals surface area contributed by atoms with Gasteiger partial charge in [0.1, 0.15) is 12.2 Å². The first kappa shape index (κ1) is 22.6. The summed E-state index contributed by atoms with van der Waals surface area (Å²) in [5, 5.41) is 28.5. The van der Waals surface area contributed by atoms with Crippen LogP contribution in [0.5, 0.6) is 0 Å². The molecule has 3 rings (SSSR count). The smallest absolute Gasteiger partial charge is 0.359 e. The van der Waals surface area contributed by atoms with E-state index in [2.05, 4.69) is 15.0 Å². The van der Waals surface area contributed by atoms with E-state index in [1.165, 1.54) is 6.92 Å². The Morgan fingerprint density at radius 2 is 1.97 bits per heavy atom. The van der Waals surface area contributed by atoms with Gasteiger partial charge in [-0.25, -0.2) is 9.36 Å². The molecule has 2 aromatic heterocycles. The van der Waals surface area contributed by atoms with Crippen LogP contribution >= 0.6 is 7.60 Å². The molecule has 0 spiro atoms. The number of rotatable bonds is 6. The van der Waals surface area contributed by atoms with Crippen LogP contribution in [0.15, 0.2) is 9.59 Å². The van der Waals surface area contributed by atoms with E-state index in [0.29, 0.717) is 0 Å². The van der Waals surface area contributed by atoms with Gasteiger partial charge < -0.3 is 35.2 Å². The van der Waals surface area contributed by atoms with E-state index < -0.39 is 54.8 Å². The van der Waals surface area contributed by atoms with Crippen molar-refractivity contribution in [2.75, 3.05) is 5.73 Å². The van der Waals surface area contributed by atoms with E-state index in [1.54, 1.807) is 0 Å². The molecule has 0 amide bonds. The molecule has 1 aliphatic heterocycles. The van der Waals surface area contributed by atoms with E-state index in [4.69, 9.17) is 15.0 Å². The molecule has 30 heavy (non-hydrogen) atoms. The Hall–Kier alpha value is -2.06. The van der Waals surface area contributed by atoms with Gasteiger partial charge in [0.05, 0.1) is 12.2 Å². The van der Waals surface area contributed by atoms with Crippen molar-refractivity contribution in [3.63, 3.8) is 0 Å². The average molecular weight is 449 g/mol. The van der Waals surface area contributed by atoms with E-state index in [9.17, 15) is 34.4 Å². The summed E-state index contributed by atoms with van der Waals surface area (Å²) in [5.41, 5.74) is 3.62. The maximum absolute atomic E-state index is 12.3. The Morgan fingerprint density at radius 3 is 2.57 bits per heavy atom. The van der Waals surface area contributed by atoms with Gasteiger partial charge in [0.25, 0.3) is 5.56 Å². The molecule has 2 aromatic rings. The van der Waals surface area contributed by atoms with E-state index in [-0.39, 0.29) is 23.5 Å². The highest BCUT2D eigenvalue weighted by Crippen LogP contribution is 2.54. The Kier molecular flexibility index (Phi) is 5.71. The Balaban J connectivity index is 1.86. The van der Waals surface area contributed by atoms with Crippen LogP contribution in [0.2, 0.25) is 0 Å². The largest absolute Gasteiger partial charge is 0.388 e. The minimum atomic E-state index is -4.41. The molecule has 0 saturated carbocycles. The normalized spacial score (nSPS) is 28.0. The first-order valence-electron chi connectivity index (χ1n) is 8.98. The Labute approximate surface area is 168 Å². The fourth-order valence-corrected chi connectivity index (χ4v) is 3.98. The van der Waals surface area contributed by atoms with Crippen LogP contribution in [0, 0.1) is 0 Å². The third-order valence-electron chi connectivity index (χ3n) is 4.77. The Bertz CT molecular complexity index is 1100. The van der Waals surface area contributed by atoms with Gasteiger partial charge in [0.2, 0.25) is 5.95 Å². The minimum absolute atomic E-state index is 0.150. The number of anilines is 1. The summed E-state index contributed by atoms with van der Waals surface area (Å²) in [7, 11) is -4.41. The van der Waals surface area contributed by atoms with Crippen molar-refractivity contribution < 1.29 is 34.0 Å². The van der Waals surface area contributed by atoms with Gasteiger partial charge in [-0.2, -0.15) is 4.98 Å². The quantitative estimate of drug-likeness (QED) is 0.246. The number of aromatic amines is 2. The number of aliphatic hydroxyl groups excluding tert-OH is 2. The van der Waals surface area contributed by atoms with Crippen LogP contribution in [0.1, 0.15) is 33.4 Å². The molecule has 15 heteroatoms. The molecule has 1 aliphatic rings. The van der Waals surface area contributed by atoms with Gasteiger partial charge in [0.15, 0.2) is 22.7 Å². The second-order valence-corrected chi connectivity index (χ2v) is 10.0. The molecule has 0 bridgehead atoms. The van der Waals surface area contributed by atoms with Crippen LogP contribution in [-0.4, -0.2) is 69.5 Å². The van der Waals surface area contributed by atoms with E-state index in [0.717, 1.165) is 18.4 Å². The van der Waals surface area contributed by atoms with Crippen molar-refractivity contribution in [2.45, 2.75) is 63.2 Å². The summed E-state index contributed by atoms with van der Waals surface area (Å²) in [4.78, 5) is 42.5. The topological polar surface area (TPSA) is 226 Å². The van der Waals surface area contributed by atoms with Gasteiger partial charge >= 0.3 is 13.3 Å². The molecule has 1 fully saturated rings. The minimum Gasteiger partial charge on any atom is -0.388 e. The average Bonchev–Trinajstić information content (AvgIpc) is 3.04. The van der Waals surface area contributed by atoms with Crippen LogP contribution in [0.3, 0.4) is 0 Å². The van der Waals surface area contributed by atoms with E-state index >= 15 is 0 Å². The molecular weight excluding hydrogens is 425 g/mol. The highest BCUT2D eigenvalue weighted by molar-refractivity contribution is 7.54. The van der Waals surface area contributed by atoms with Crippen LogP contribution < -0.4 is 17.0 Å². The van der Waals surface area contributed by atoms with Crippen molar-refractivity contribution >= 4 is 24.7 Å². The number of hydrogen-bond acceptors (Lipinski definition) is 10. The number of aliphatic hydroxyl groups is 3. The lowest BCUT2D eigenvalue weighted by Crippen LogP contribution is -2.35. The molecule has 6 atom stereocenters. The molecule has 8 N–H and O–H groups in total. The standard InChI is InChI=1S/C15H24N5O9P/c1-5(29-30(26,27)15(2,3)25)4-6-8(21)9(22)12(28-6)20-10-7(17-14(20)24)11(23)19-13(16)18-10/h5-6,8-9,12,21-22,25H,4H2,1-3H3,(H,17,24)(H,26,27)(H3,16,18,19,23)/t5?,6-,8-,9-,12-/m1/s1. The number of imidazole rings is 1. The second kappa shape index (κ2) is 7.57. The summed E-state index contributed by atoms with van der Waals surface area (Å²) < 4.78 is 23.6. The lowest BCUT2D eigenvalue weighted by atomic mass is 10.1. The SMILES string of the molecule is CC(C[C@H]1O[C@@H](n2c(=O)[nH]c3c(=O)[nH]c(N)nc32)[C@H](O)[C@@H]1O)OP(=O)(O)C(C)(C)O. The third kappa shape index (κ3) is 3.95. The zero-order valence-corrected chi connectivity index (χ0v) is 17.2. The third-order valence-corrected chi connectivity index (χ3v) is 6.80. The molecule has 168 valence electrons.